The molecule has 0 radical (unpaired) electrons. The summed E-state index contributed by atoms with van der Waals surface area (Å²) in [5.74, 6) is 2.40. The van der Waals surface area contributed by atoms with Crippen LogP contribution in [0.25, 0.3) is 21.9 Å². The van der Waals surface area contributed by atoms with Gasteiger partial charge in [-0.25, -0.2) is 0 Å². The number of hydrogen-bond donors (Lipinski definition) is 1. The Morgan fingerprint density at radius 2 is 1.34 bits per heavy atom. The van der Waals surface area contributed by atoms with Crippen LogP contribution < -0.4 is 9.47 Å². The van der Waals surface area contributed by atoms with Gasteiger partial charge in [0, 0.05) is 27.8 Å². The van der Waals surface area contributed by atoms with Gasteiger partial charge < -0.3 is 14.6 Å². The highest BCUT2D eigenvalue weighted by atomic mass is 16.5. The smallest absolute Gasteiger partial charge is 0.135 e. The second kappa shape index (κ2) is 6.23. The van der Waals surface area contributed by atoms with Crippen LogP contribution in [0.1, 0.15) is 16.7 Å². The van der Waals surface area contributed by atoms with E-state index in [1.165, 1.54) is 0 Å². The molecule has 1 N–H and O–H groups in total. The van der Waals surface area contributed by atoms with Crippen molar-refractivity contribution in [2.75, 3.05) is 6.61 Å². The maximum Gasteiger partial charge on any atom is 0.135 e. The lowest BCUT2D eigenvalue weighted by Crippen LogP contribution is -2.26. The number of hydrogen-bond acceptors (Lipinski definition) is 3. The van der Waals surface area contributed by atoms with Crippen molar-refractivity contribution in [2.45, 2.75) is 6.10 Å². The third-order valence-electron chi connectivity index (χ3n) is 5.69. The SMILES string of the molecule is O[C@@H]1COc2ccc3ccccc3c2C1=C1c2ccccc2Oc2ccccc21. The highest BCUT2D eigenvalue weighted by Crippen LogP contribution is 2.50. The molecule has 0 saturated heterocycles. The van der Waals surface area contributed by atoms with Gasteiger partial charge in [-0.1, -0.05) is 66.7 Å². The molecular formula is C26H18O3. The first kappa shape index (κ1) is 16.4. The predicted octanol–water partition coefficient (Wildman–Crippen LogP) is 5.66. The summed E-state index contributed by atoms with van der Waals surface area (Å²) < 4.78 is 12.1. The molecule has 4 aromatic carbocycles. The van der Waals surface area contributed by atoms with E-state index in [4.69, 9.17) is 9.47 Å². The first-order valence-corrected chi connectivity index (χ1v) is 9.75. The molecule has 1 atom stereocenters. The molecule has 6 rings (SSSR count). The largest absolute Gasteiger partial charge is 0.490 e. The zero-order valence-electron chi connectivity index (χ0n) is 15.6. The lowest BCUT2D eigenvalue weighted by molar-refractivity contribution is 0.143. The number of aliphatic hydroxyl groups excluding tert-OH is 1. The minimum Gasteiger partial charge on any atom is -0.490 e. The van der Waals surface area contributed by atoms with Gasteiger partial charge >= 0.3 is 0 Å². The molecule has 0 fully saturated rings. The van der Waals surface area contributed by atoms with Crippen LogP contribution in [0.4, 0.5) is 0 Å². The maximum absolute atomic E-state index is 11.2. The van der Waals surface area contributed by atoms with Crippen LogP contribution in [0.2, 0.25) is 0 Å². The number of rotatable bonds is 0. The van der Waals surface area contributed by atoms with Gasteiger partial charge in [-0.05, 0) is 29.0 Å². The first-order chi connectivity index (χ1) is 14.3. The average Bonchev–Trinajstić information content (AvgIpc) is 2.78. The third kappa shape index (κ3) is 2.41. The molecule has 0 spiro atoms. The fourth-order valence-electron chi connectivity index (χ4n) is 4.44. The molecule has 4 aromatic rings. The monoisotopic (exact) mass is 378 g/mol. The lowest BCUT2D eigenvalue weighted by Gasteiger charge is -2.32. The summed E-state index contributed by atoms with van der Waals surface area (Å²) in [5.41, 5.74) is 4.84. The van der Waals surface area contributed by atoms with Crippen molar-refractivity contribution >= 4 is 21.9 Å². The van der Waals surface area contributed by atoms with Gasteiger partial charge in [0.15, 0.2) is 0 Å². The van der Waals surface area contributed by atoms with Crippen molar-refractivity contribution in [3.8, 4) is 17.2 Å². The average molecular weight is 378 g/mol. The molecule has 0 unspecified atom stereocenters. The minimum absolute atomic E-state index is 0.232. The highest BCUT2D eigenvalue weighted by molar-refractivity contribution is 6.10. The van der Waals surface area contributed by atoms with E-state index in [-0.39, 0.29) is 6.61 Å². The van der Waals surface area contributed by atoms with E-state index in [9.17, 15) is 5.11 Å². The van der Waals surface area contributed by atoms with Crippen molar-refractivity contribution < 1.29 is 14.6 Å². The normalized spacial score (nSPS) is 17.1. The molecule has 0 saturated carbocycles. The number of para-hydroxylation sites is 2. The molecule has 29 heavy (non-hydrogen) atoms. The van der Waals surface area contributed by atoms with Crippen molar-refractivity contribution in [1.82, 2.24) is 0 Å². The van der Waals surface area contributed by atoms with Crippen LogP contribution in [0.5, 0.6) is 17.2 Å². The van der Waals surface area contributed by atoms with Crippen molar-refractivity contribution in [1.29, 1.82) is 0 Å². The molecule has 2 aliphatic heterocycles. The summed E-state index contributed by atoms with van der Waals surface area (Å²) in [7, 11) is 0. The Kier molecular flexibility index (Phi) is 3.52. The number of ether oxygens (including phenoxy) is 2. The Hall–Kier alpha value is -3.56. The van der Waals surface area contributed by atoms with Crippen LogP contribution in [-0.4, -0.2) is 17.8 Å². The topological polar surface area (TPSA) is 38.7 Å². The summed E-state index contributed by atoms with van der Waals surface area (Å²) in [6.07, 6.45) is -0.734. The Morgan fingerprint density at radius 1 is 0.690 bits per heavy atom. The third-order valence-corrected chi connectivity index (χ3v) is 5.69. The fourth-order valence-corrected chi connectivity index (χ4v) is 4.44. The van der Waals surface area contributed by atoms with E-state index in [0.717, 1.165) is 55.9 Å². The molecule has 2 heterocycles. The van der Waals surface area contributed by atoms with Gasteiger partial charge in [0.25, 0.3) is 0 Å². The van der Waals surface area contributed by atoms with Gasteiger partial charge in [-0.15, -0.1) is 0 Å². The summed E-state index contributed by atoms with van der Waals surface area (Å²) in [6.45, 7) is 0.232. The Bertz CT molecular complexity index is 1250. The van der Waals surface area contributed by atoms with Crippen LogP contribution in [0.15, 0.2) is 84.9 Å². The Labute approximate surface area is 168 Å². The maximum atomic E-state index is 11.2. The first-order valence-electron chi connectivity index (χ1n) is 9.75. The molecule has 0 bridgehead atoms. The van der Waals surface area contributed by atoms with Crippen LogP contribution in [0, 0.1) is 0 Å². The van der Waals surface area contributed by atoms with Gasteiger partial charge in [0.05, 0.1) is 0 Å². The van der Waals surface area contributed by atoms with Gasteiger partial charge in [-0.2, -0.15) is 0 Å². The second-order valence-electron chi connectivity index (χ2n) is 7.37. The van der Waals surface area contributed by atoms with Crippen molar-refractivity contribution in [3.63, 3.8) is 0 Å². The Balaban J connectivity index is 1.78. The van der Waals surface area contributed by atoms with Gasteiger partial charge in [0.1, 0.15) is 30.0 Å². The van der Waals surface area contributed by atoms with E-state index < -0.39 is 6.10 Å². The summed E-state index contributed by atoms with van der Waals surface area (Å²) in [4.78, 5) is 0. The highest BCUT2D eigenvalue weighted by Gasteiger charge is 2.33. The number of fused-ring (bicyclic) bond motifs is 5. The van der Waals surface area contributed by atoms with E-state index in [0.29, 0.717) is 0 Å². The summed E-state index contributed by atoms with van der Waals surface area (Å²) in [5, 5.41) is 13.4. The molecule has 0 aromatic heterocycles. The lowest BCUT2D eigenvalue weighted by atomic mass is 9.82. The van der Waals surface area contributed by atoms with Crippen molar-refractivity contribution in [2.24, 2.45) is 0 Å². The van der Waals surface area contributed by atoms with Crippen LogP contribution >= 0.6 is 0 Å². The Morgan fingerprint density at radius 3 is 2.10 bits per heavy atom. The van der Waals surface area contributed by atoms with Crippen molar-refractivity contribution in [3.05, 3.63) is 102 Å². The number of aliphatic hydroxyl groups is 1. The van der Waals surface area contributed by atoms with E-state index >= 15 is 0 Å². The molecule has 3 heteroatoms. The molecular weight excluding hydrogens is 360 g/mol. The van der Waals surface area contributed by atoms with E-state index in [1.54, 1.807) is 0 Å². The number of benzene rings is 4. The summed E-state index contributed by atoms with van der Waals surface area (Å²) >= 11 is 0. The summed E-state index contributed by atoms with van der Waals surface area (Å²) in [6, 6.07) is 28.3. The quantitative estimate of drug-likeness (QED) is 0.378. The molecule has 0 aliphatic carbocycles. The van der Waals surface area contributed by atoms with Crippen LogP contribution in [-0.2, 0) is 0 Å². The second-order valence-corrected chi connectivity index (χ2v) is 7.37. The molecule has 2 aliphatic rings. The van der Waals surface area contributed by atoms with E-state index in [2.05, 4.69) is 30.3 Å². The van der Waals surface area contributed by atoms with Crippen LogP contribution in [0.3, 0.4) is 0 Å². The predicted molar refractivity (Wildman–Crippen MR) is 114 cm³/mol. The minimum atomic E-state index is -0.734. The van der Waals surface area contributed by atoms with Gasteiger partial charge in [0.2, 0.25) is 0 Å². The molecule has 3 nitrogen and oxygen atoms in total. The standard InChI is InChI=1S/C26H18O3/c27-20-15-28-23-14-13-16-7-1-2-8-17(16)25(23)26(20)24-18-9-3-5-11-21(18)29-22-12-6-4-10-19(22)24/h1-14,20,27H,15H2/t20-/m1/s1. The van der Waals surface area contributed by atoms with E-state index in [1.807, 2.05) is 54.6 Å². The zero-order valence-corrected chi connectivity index (χ0v) is 15.6. The zero-order chi connectivity index (χ0) is 19.4. The molecule has 0 amide bonds. The fraction of sp³-hybridized carbons (Fsp3) is 0.0769. The van der Waals surface area contributed by atoms with Gasteiger partial charge in [-0.3, -0.25) is 0 Å². The molecule has 140 valence electrons.